The summed E-state index contributed by atoms with van der Waals surface area (Å²) < 4.78 is 33.1. The second-order valence-electron chi connectivity index (χ2n) is 7.65. The van der Waals surface area contributed by atoms with Crippen molar-refractivity contribution in [2.24, 2.45) is 10.1 Å². The largest absolute Gasteiger partial charge is 0.445 e. The molecule has 0 spiro atoms. The molecule has 0 aliphatic heterocycles. The van der Waals surface area contributed by atoms with Crippen molar-refractivity contribution < 1.29 is 22.7 Å². The quantitative estimate of drug-likeness (QED) is 0.144. The van der Waals surface area contributed by atoms with Gasteiger partial charge in [0.15, 0.2) is 6.19 Å². The highest BCUT2D eigenvalue weighted by Gasteiger charge is 2.23. The fourth-order valence-corrected chi connectivity index (χ4v) is 4.06. The van der Waals surface area contributed by atoms with Crippen LogP contribution in [0, 0.1) is 11.5 Å². The summed E-state index contributed by atoms with van der Waals surface area (Å²) in [6.45, 7) is 0.0408. The van der Waals surface area contributed by atoms with Gasteiger partial charge >= 0.3 is 6.09 Å². The maximum absolute atomic E-state index is 13.0. The van der Waals surface area contributed by atoms with Crippen molar-refractivity contribution in [3.63, 3.8) is 0 Å². The van der Waals surface area contributed by atoms with Crippen LogP contribution in [0.5, 0.6) is 0 Å². The van der Waals surface area contributed by atoms with Crippen molar-refractivity contribution >= 4 is 33.7 Å². The molecule has 3 aromatic rings. The van der Waals surface area contributed by atoms with Gasteiger partial charge in [-0.2, -0.15) is 13.7 Å². The highest BCUT2D eigenvalue weighted by molar-refractivity contribution is 7.90. The summed E-state index contributed by atoms with van der Waals surface area (Å²) >= 11 is 0. The normalized spacial score (nSPS) is 12.0. The molecule has 0 aromatic heterocycles. The van der Waals surface area contributed by atoms with Gasteiger partial charge in [0.2, 0.25) is 11.9 Å². The van der Waals surface area contributed by atoms with Gasteiger partial charge < -0.3 is 21.1 Å². The van der Waals surface area contributed by atoms with E-state index < -0.39 is 34.0 Å². The summed E-state index contributed by atoms with van der Waals surface area (Å²) in [7, 11) is -4.17. The third kappa shape index (κ3) is 8.37. The van der Waals surface area contributed by atoms with Gasteiger partial charge in [0.05, 0.1) is 4.90 Å². The first-order valence-electron chi connectivity index (χ1n) is 10.9. The predicted molar refractivity (Wildman–Crippen MR) is 136 cm³/mol. The number of ether oxygens (including phenoxy) is 1. The van der Waals surface area contributed by atoms with Crippen LogP contribution in [-0.4, -0.2) is 32.4 Å². The number of hydrogen-bond acceptors (Lipinski definition) is 6. The first-order valence-corrected chi connectivity index (χ1v) is 12.4. The lowest BCUT2D eigenvalue weighted by atomic mass is 10.1. The number of carbonyl (C=O) groups excluding carboxylic acids is 2. The van der Waals surface area contributed by atoms with E-state index in [0.717, 1.165) is 11.1 Å². The van der Waals surface area contributed by atoms with E-state index in [1.165, 1.54) is 30.5 Å². The highest BCUT2D eigenvalue weighted by Crippen LogP contribution is 2.17. The molecular weight excluding hydrogens is 496 g/mol. The van der Waals surface area contributed by atoms with Gasteiger partial charge in [-0.25, -0.2) is 4.79 Å². The van der Waals surface area contributed by atoms with Crippen molar-refractivity contribution in [2.75, 3.05) is 5.32 Å². The third-order valence-electron chi connectivity index (χ3n) is 4.93. The molecule has 0 fully saturated rings. The van der Waals surface area contributed by atoms with Gasteiger partial charge in [-0.05, 0) is 35.4 Å². The molecule has 11 nitrogen and oxygen atoms in total. The van der Waals surface area contributed by atoms with Crippen molar-refractivity contribution in [1.29, 1.82) is 5.26 Å². The van der Waals surface area contributed by atoms with E-state index in [9.17, 15) is 18.0 Å². The van der Waals surface area contributed by atoms with Crippen LogP contribution in [-0.2, 0) is 32.6 Å². The van der Waals surface area contributed by atoms with E-state index in [-0.39, 0.29) is 23.6 Å². The van der Waals surface area contributed by atoms with Crippen LogP contribution in [0.1, 0.15) is 11.1 Å². The molecule has 0 saturated heterocycles. The third-order valence-corrected chi connectivity index (χ3v) is 6.23. The Kier molecular flexibility index (Phi) is 9.17. The van der Waals surface area contributed by atoms with Gasteiger partial charge in [-0.3, -0.25) is 10.1 Å². The van der Waals surface area contributed by atoms with Gasteiger partial charge in [0, 0.05) is 12.1 Å². The zero-order valence-electron chi connectivity index (χ0n) is 19.5. The van der Waals surface area contributed by atoms with Crippen LogP contribution >= 0.6 is 0 Å². The van der Waals surface area contributed by atoms with Crippen molar-refractivity contribution in [1.82, 2.24) is 10.6 Å². The zero-order chi connectivity index (χ0) is 26.7. The summed E-state index contributed by atoms with van der Waals surface area (Å²) in [6.07, 6.45) is 0.906. The minimum atomic E-state index is -4.17. The van der Waals surface area contributed by atoms with E-state index >= 15 is 0 Å². The highest BCUT2D eigenvalue weighted by atomic mass is 32.2. The Bertz CT molecular complexity index is 1390. The molecule has 0 aliphatic rings. The Morgan fingerprint density at radius 3 is 2.14 bits per heavy atom. The minimum Gasteiger partial charge on any atom is -0.445 e. The lowest BCUT2D eigenvalue weighted by Crippen LogP contribution is -2.45. The molecule has 3 aromatic carbocycles. The molecule has 12 heteroatoms. The summed E-state index contributed by atoms with van der Waals surface area (Å²) in [5, 5.41) is 15.7. The standard InChI is InChI=1S/C25H24N6O5S/c26-17-28-24(27)31-37(34,35)21-13-11-20(12-14-21)29-23(32)22(15-18-7-3-1-4-8-18)30-25(33)36-16-19-9-5-2-6-10-19/h1-14,22H,15-16H2,(H,29,32)(H,30,33)(H3,27,28,31)/t22-/m1/s1. The minimum absolute atomic E-state index is 0.0408. The van der Waals surface area contributed by atoms with E-state index in [1.807, 2.05) is 66.0 Å². The lowest BCUT2D eigenvalue weighted by Gasteiger charge is -2.19. The summed E-state index contributed by atoms with van der Waals surface area (Å²) in [5.41, 5.74) is 7.23. The Labute approximate surface area is 214 Å². The maximum atomic E-state index is 13.0. The molecule has 3 rings (SSSR count). The lowest BCUT2D eigenvalue weighted by molar-refractivity contribution is -0.118. The number of anilines is 1. The molecule has 0 aliphatic carbocycles. The number of nitrogens with two attached hydrogens (primary N) is 1. The fraction of sp³-hybridized carbons (Fsp3) is 0.120. The topological polar surface area (TPSA) is 176 Å². The number of alkyl carbamates (subject to hydrolysis) is 1. The van der Waals surface area contributed by atoms with E-state index in [0.29, 0.717) is 0 Å². The predicted octanol–water partition coefficient (Wildman–Crippen LogP) is 2.24. The molecule has 0 unspecified atom stereocenters. The first kappa shape index (κ1) is 26.7. The van der Waals surface area contributed by atoms with E-state index in [1.54, 1.807) is 0 Å². The molecule has 190 valence electrons. The van der Waals surface area contributed by atoms with Crippen molar-refractivity contribution in [2.45, 2.75) is 24.0 Å². The van der Waals surface area contributed by atoms with Crippen LogP contribution in [0.2, 0.25) is 0 Å². The number of sulfonamides is 1. The number of rotatable bonds is 9. The molecular formula is C25H24N6O5S. The van der Waals surface area contributed by atoms with Crippen LogP contribution < -0.4 is 21.7 Å². The Morgan fingerprint density at radius 1 is 0.946 bits per heavy atom. The number of amides is 2. The number of guanidine groups is 1. The number of nitrogens with zero attached hydrogens (tertiary/aromatic N) is 2. The average Bonchev–Trinajstić information content (AvgIpc) is 2.88. The SMILES string of the molecule is N#CN/C(N)=N/S(=O)(=O)c1ccc(NC(=O)[C@@H](Cc2ccccc2)NC(=O)OCc2ccccc2)cc1. The molecule has 5 N–H and O–H groups in total. The van der Waals surface area contributed by atoms with Crippen molar-refractivity contribution in [3.8, 4) is 6.19 Å². The molecule has 0 bridgehead atoms. The molecule has 0 radical (unpaired) electrons. The second-order valence-corrected chi connectivity index (χ2v) is 9.25. The summed E-state index contributed by atoms with van der Waals surface area (Å²) in [5.74, 6) is -1.11. The average molecular weight is 521 g/mol. The molecule has 0 heterocycles. The Hall–Kier alpha value is -4.89. The number of hydrogen-bond donors (Lipinski definition) is 4. The monoisotopic (exact) mass is 520 g/mol. The van der Waals surface area contributed by atoms with Crippen LogP contribution in [0.25, 0.3) is 0 Å². The van der Waals surface area contributed by atoms with Gasteiger partial charge in [-0.15, -0.1) is 4.40 Å². The summed E-state index contributed by atoms with van der Waals surface area (Å²) in [6, 6.07) is 22.4. The van der Waals surface area contributed by atoms with Crippen LogP contribution in [0.4, 0.5) is 10.5 Å². The molecule has 37 heavy (non-hydrogen) atoms. The Balaban J connectivity index is 1.70. The Morgan fingerprint density at radius 2 is 1.54 bits per heavy atom. The van der Waals surface area contributed by atoms with E-state index in [2.05, 4.69) is 15.0 Å². The van der Waals surface area contributed by atoms with Gasteiger partial charge in [0.1, 0.15) is 12.6 Å². The molecule has 0 saturated carbocycles. The first-order chi connectivity index (χ1) is 17.8. The van der Waals surface area contributed by atoms with Crippen LogP contribution in [0.3, 0.4) is 0 Å². The number of carbonyl (C=O) groups is 2. The molecule has 2 amide bonds. The fourth-order valence-electron chi connectivity index (χ4n) is 3.17. The van der Waals surface area contributed by atoms with E-state index in [4.69, 9.17) is 15.7 Å². The van der Waals surface area contributed by atoms with Crippen molar-refractivity contribution in [3.05, 3.63) is 96.1 Å². The zero-order valence-corrected chi connectivity index (χ0v) is 20.3. The second kappa shape index (κ2) is 12.7. The molecule has 1 atom stereocenters. The van der Waals surface area contributed by atoms with Crippen LogP contribution in [0.15, 0.2) is 94.2 Å². The van der Waals surface area contributed by atoms with Gasteiger partial charge in [-0.1, -0.05) is 60.7 Å². The number of nitriles is 1. The smallest absolute Gasteiger partial charge is 0.408 e. The maximum Gasteiger partial charge on any atom is 0.408 e. The van der Waals surface area contributed by atoms with Gasteiger partial charge in [0.25, 0.3) is 10.0 Å². The summed E-state index contributed by atoms with van der Waals surface area (Å²) in [4.78, 5) is 25.3. The number of benzene rings is 3. The number of nitrogens with one attached hydrogen (secondary N) is 3.